The summed E-state index contributed by atoms with van der Waals surface area (Å²) in [5, 5.41) is 2.94. The molecule has 24 heavy (non-hydrogen) atoms. The summed E-state index contributed by atoms with van der Waals surface area (Å²) in [5.41, 5.74) is 5.58. The summed E-state index contributed by atoms with van der Waals surface area (Å²) in [5.74, 6) is 0.00466. The molecule has 4 rings (SSSR count). The largest absolute Gasteiger partial charge is 0.378 e. The maximum atomic E-state index is 12.6. The number of benzene rings is 2. The van der Waals surface area contributed by atoms with E-state index in [0.29, 0.717) is 12.0 Å². The first-order valence-electron chi connectivity index (χ1n) is 8.08. The maximum Gasteiger partial charge on any atom is 0.255 e. The molecule has 0 spiro atoms. The second-order valence-corrected chi connectivity index (χ2v) is 6.51. The van der Waals surface area contributed by atoms with E-state index in [4.69, 9.17) is 0 Å². The van der Waals surface area contributed by atoms with Crippen LogP contribution in [0.15, 0.2) is 36.4 Å². The van der Waals surface area contributed by atoms with Gasteiger partial charge in [0, 0.05) is 37.6 Å². The minimum atomic E-state index is -0.135. The fourth-order valence-electron chi connectivity index (χ4n) is 3.46. The van der Waals surface area contributed by atoms with Gasteiger partial charge in [-0.25, -0.2) is 0 Å². The lowest BCUT2D eigenvalue weighted by molar-refractivity contribution is -0.117. The van der Waals surface area contributed by atoms with Gasteiger partial charge in [0.2, 0.25) is 5.91 Å². The number of hydrogen-bond donors (Lipinski definition) is 1. The Morgan fingerprint density at radius 2 is 1.83 bits per heavy atom. The van der Waals surface area contributed by atoms with E-state index in [0.717, 1.165) is 41.2 Å². The predicted molar refractivity (Wildman–Crippen MR) is 94.9 cm³/mol. The van der Waals surface area contributed by atoms with Crippen molar-refractivity contribution in [1.29, 1.82) is 0 Å². The molecule has 2 aromatic carbocycles. The lowest BCUT2D eigenvalue weighted by Gasteiger charge is -2.13. The molecule has 0 bridgehead atoms. The third kappa shape index (κ3) is 2.33. The fraction of sp³-hybridized carbons (Fsp3) is 0.263. The van der Waals surface area contributed by atoms with E-state index in [-0.39, 0.29) is 11.8 Å². The van der Waals surface area contributed by atoms with E-state index in [1.54, 1.807) is 0 Å². The molecule has 0 saturated carbocycles. The van der Waals surface area contributed by atoms with Crippen LogP contribution in [0.25, 0.3) is 0 Å². The molecule has 0 atom stereocenters. The summed E-state index contributed by atoms with van der Waals surface area (Å²) >= 11 is 0. The zero-order chi connectivity index (χ0) is 16.8. The van der Waals surface area contributed by atoms with Crippen molar-refractivity contribution >= 4 is 28.9 Å². The monoisotopic (exact) mass is 321 g/mol. The van der Waals surface area contributed by atoms with E-state index < -0.39 is 0 Å². The minimum absolute atomic E-state index is 0.135. The smallest absolute Gasteiger partial charge is 0.255 e. The number of rotatable bonds is 3. The first-order valence-corrected chi connectivity index (χ1v) is 8.08. The molecule has 2 aromatic rings. The van der Waals surface area contributed by atoms with Crippen LogP contribution in [0.1, 0.15) is 21.5 Å². The standard InChI is InChI=1S/C19H19N3O2/c1-21(2)16-5-3-15(4-6-16)20-19(24)14-9-12-7-8-22-17(23)11-13(10-14)18(12)22/h3-6,9-10H,7-8,11H2,1-2H3,(H,20,24). The van der Waals surface area contributed by atoms with Crippen LogP contribution in [0.3, 0.4) is 0 Å². The zero-order valence-electron chi connectivity index (χ0n) is 13.8. The number of hydrogen-bond acceptors (Lipinski definition) is 3. The Hall–Kier alpha value is -2.82. The molecule has 1 N–H and O–H groups in total. The van der Waals surface area contributed by atoms with Gasteiger partial charge in [0.1, 0.15) is 0 Å². The highest BCUT2D eigenvalue weighted by atomic mass is 16.2. The number of nitrogens with one attached hydrogen (secondary N) is 1. The summed E-state index contributed by atoms with van der Waals surface area (Å²) in [6.45, 7) is 0.734. The van der Waals surface area contributed by atoms with Crippen LogP contribution in [0.5, 0.6) is 0 Å². The van der Waals surface area contributed by atoms with Crippen LogP contribution < -0.4 is 15.1 Å². The van der Waals surface area contributed by atoms with Crippen molar-refractivity contribution in [3.63, 3.8) is 0 Å². The highest BCUT2D eigenvalue weighted by Crippen LogP contribution is 2.38. The zero-order valence-corrected chi connectivity index (χ0v) is 13.8. The topological polar surface area (TPSA) is 52.7 Å². The number of carbonyl (C=O) groups is 2. The first-order chi connectivity index (χ1) is 11.5. The molecule has 2 amide bonds. The minimum Gasteiger partial charge on any atom is -0.378 e. The lowest BCUT2D eigenvalue weighted by atomic mass is 10.0. The Morgan fingerprint density at radius 3 is 2.54 bits per heavy atom. The molecular formula is C19H19N3O2. The second kappa shape index (κ2) is 5.37. The van der Waals surface area contributed by atoms with Gasteiger partial charge in [-0.15, -0.1) is 0 Å². The van der Waals surface area contributed by atoms with Gasteiger partial charge in [-0.05, 0) is 53.9 Å². The molecule has 5 nitrogen and oxygen atoms in total. The van der Waals surface area contributed by atoms with Crippen molar-refractivity contribution in [2.24, 2.45) is 0 Å². The van der Waals surface area contributed by atoms with Crippen molar-refractivity contribution in [2.75, 3.05) is 35.8 Å². The molecular weight excluding hydrogens is 302 g/mol. The molecule has 0 aliphatic carbocycles. The summed E-state index contributed by atoms with van der Waals surface area (Å²) in [7, 11) is 3.96. The van der Waals surface area contributed by atoms with Gasteiger partial charge in [0.05, 0.1) is 12.1 Å². The molecule has 0 fully saturated rings. The quantitative estimate of drug-likeness (QED) is 0.945. The third-order valence-corrected chi connectivity index (χ3v) is 4.69. The summed E-state index contributed by atoms with van der Waals surface area (Å²) in [4.78, 5) is 28.4. The number of amides is 2. The van der Waals surface area contributed by atoms with Gasteiger partial charge in [-0.1, -0.05) is 0 Å². The average molecular weight is 321 g/mol. The molecule has 0 aromatic heterocycles. The Kier molecular flexibility index (Phi) is 3.30. The highest BCUT2D eigenvalue weighted by molar-refractivity contribution is 6.08. The van der Waals surface area contributed by atoms with E-state index in [9.17, 15) is 9.59 Å². The van der Waals surface area contributed by atoms with Crippen molar-refractivity contribution in [3.05, 3.63) is 53.1 Å². The molecule has 122 valence electrons. The summed E-state index contributed by atoms with van der Waals surface area (Å²) in [6, 6.07) is 11.5. The Morgan fingerprint density at radius 1 is 1.12 bits per heavy atom. The van der Waals surface area contributed by atoms with Crippen LogP contribution in [-0.2, 0) is 17.6 Å². The van der Waals surface area contributed by atoms with Crippen LogP contribution in [0.4, 0.5) is 17.1 Å². The first kappa shape index (κ1) is 14.8. The highest BCUT2D eigenvalue weighted by Gasteiger charge is 2.34. The van der Waals surface area contributed by atoms with E-state index in [2.05, 4.69) is 5.32 Å². The fourth-order valence-corrected chi connectivity index (χ4v) is 3.46. The van der Waals surface area contributed by atoms with Gasteiger partial charge < -0.3 is 15.1 Å². The average Bonchev–Trinajstić information content (AvgIpc) is 3.13. The molecule has 2 aliphatic heterocycles. The second-order valence-electron chi connectivity index (χ2n) is 6.51. The van der Waals surface area contributed by atoms with Crippen LogP contribution >= 0.6 is 0 Å². The normalized spacial score (nSPS) is 14.8. The maximum absolute atomic E-state index is 12.6. The Bertz CT molecular complexity index is 840. The molecule has 2 aliphatic rings. The molecule has 0 saturated heterocycles. The van der Waals surface area contributed by atoms with Gasteiger partial charge >= 0.3 is 0 Å². The van der Waals surface area contributed by atoms with Gasteiger partial charge in [-0.3, -0.25) is 9.59 Å². The Labute approximate surface area is 140 Å². The number of carbonyl (C=O) groups excluding carboxylic acids is 2. The third-order valence-electron chi connectivity index (χ3n) is 4.69. The van der Waals surface area contributed by atoms with Crippen molar-refractivity contribution in [2.45, 2.75) is 12.8 Å². The van der Waals surface area contributed by atoms with Crippen molar-refractivity contribution in [1.82, 2.24) is 0 Å². The Balaban J connectivity index is 1.58. The molecule has 5 heteroatoms. The van der Waals surface area contributed by atoms with Crippen LogP contribution in [0.2, 0.25) is 0 Å². The van der Waals surface area contributed by atoms with E-state index in [1.807, 2.05) is 60.3 Å². The summed E-state index contributed by atoms with van der Waals surface area (Å²) in [6.07, 6.45) is 1.23. The molecule has 0 radical (unpaired) electrons. The number of anilines is 3. The predicted octanol–water partition coefficient (Wildman–Crippen LogP) is 2.45. The lowest BCUT2D eigenvalue weighted by Crippen LogP contribution is -2.24. The van der Waals surface area contributed by atoms with Crippen LogP contribution in [-0.4, -0.2) is 32.5 Å². The van der Waals surface area contributed by atoms with Crippen molar-refractivity contribution < 1.29 is 9.59 Å². The SMILES string of the molecule is CN(C)c1ccc(NC(=O)c2cc3c4c(c2)CC(=O)N4CC3)cc1. The summed E-state index contributed by atoms with van der Waals surface area (Å²) < 4.78 is 0. The van der Waals surface area contributed by atoms with Gasteiger partial charge in [0.15, 0.2) is 0 Å². The van der Waals surface area contributed by atoms with Crippen molar-refractivity contribution in [3.8, 4) is 0 Å². The molecule has 0 unspecified atom stereocenters. The van der Waals surface area contributed by atoms with E-state index in [1.165, 1.54) is 0 Å². The van der Waals surface area contributed by atoms with Gasteiger partial charge in [0.25, 0.3) is 5.91 Å². The van der Waals surface area contributed by atoms with E-state index >= 15 is 0 Å². The molecule has 2 heterocycles. The van der Waals surface area contributed by atoms with Gasteiger partial charge in [-0.2, -0.15) is 0 Å². The van der Waals surface area contributed by atoms with Crippen LogP contribution in [0, 0.1) is 0 Å². The number of nitrogens with zero attached hydrogens (tertiary/aromatic N) is 2.